The molecular formula is C21H22N2O2. The highest BCUT2D eigenvalue weighted by molar-refractivity contribution is 6.00. The maximum atomic E-state index is 13.0. The summed E-state index contributed by atoms with van der Waals surface area (Å²) in [4.78, 5) is 25.0. The highest BCUT2D eigenvalue weighted by Crippen LogP contribution is 2.22. The first-order valence-electron chi connectivity index (χ1n) is 8.73. The van der Waals surface area contributed by atoms with Gasteiger partial charge in [-0.15, -0.1) is 0 Å². The normalized spacial score (nSPS) is 11.0. The minimum absolute atomic E-state index is 0.0671. The molecule has 2 aromatic carbocycles. The largest absolute Gasteiger partial charge is 0.294 e. The van der Waals surface area contributed by atoms with Crippen molar-refractivity contribution in [1.82, 2.24) is 9.78 Å². The van der Waals surface area contributed by atoms with Crippen molar-refractivity contribution in [3.05, 3.63) is 64.3 Å². The first-order chi connectivity index (χ1) is 12.1. The van der Waals surface area contributed by atoms with E-state index in [9.17, 15) is 9.59 Å². The van der Waals surface area contributed by atoms with Crippen molar-refractivity contribution in [3.63, 3.8) is 0 Å². The topological polar surface area (TPSA) is 52.0 Å². The molecule has 0 radical (unpaired) electrons. The molecule has 0 fully saturated rings. The van der Waals surface area contributed by atoms with Gasteiger partial charge in [-0.25, -0.2) is 0 Å². The average Bonchev–Trinajstić information content (AvgIpc) is 2.64. The monoisotopic (exact) mass is 334 g/mol. The van der Waals surface area contributed by atoms with Crippen LogP contribution in [0.25, 0.3) is 22.2 Å². The third kappa shape index (κ3) is 3.38. The van der Waals surface area contributed by atoms with E-state index in [4.69, 9.17) is 0 Å². The van der Waals surface area contributed by atoms with Crippen LogP contribution in [0.3, 0.4) is 0 Å². The molecule has 0 amide bonds. The lowest BCUT2D eigenvalue weighted by molar-refractivity contribution is 0.101. The van der Waals surface area contributed by atoms with E-state index in [0.717, 1.165) is 31.3 Å². The molecular weight excluding hydrogens is 312 g/mol. The molecule has 3 rings (SSSR count). The molecule has 0 aliphatic heterocycles. The number of unbranched alkanes of at least 4 members (excludes halogenated alkanes) is 2. The molecule has 4 nitrogen and oxygen atoms in total. The lowest BCUT2D eigenvalue weighted by atomic mass is 10.0. The minimum Gasteiger partial charge on any atom is -0.294 e. The molecule has 4 heteroatoms. The Morgan fingerprint density at radius 3 is 2.52 bits per heavy atom. The summed E-state index contributed by atoms with van der Waals surface area (Å²) in [5.41, 5.74) is 2.20. The Kier molecular flexibility index (Phi) is 5.08. The Bertz CT molecular complexity index is 973. The van der Waals surface area contributed by atoms with Gasteiger partial charge in [0.15, 0.2) is 5.78 Å². The smallest absolute Gasteiger partial charge is 0.215 e. The van der Waals surface area contributed by atoms with Crippen molar-refractivity contribution in [2.24, 2.45) is 0 Å². The van der Waals surface area contributed by atoms with Crippen LogP contribution in [0, 0.1) is 0 Å². The van der Waals surface area contributed by atoms with Gasteiger partial charge in [0, 0.05) is 23.1 Å². The van der Waals surface area contributed by atoms with Crippen LogP contribution in [0.5, 0.6) is 0 Å². The summed E-state index contributed by atoms with van der Waals surface area (Å²) in [6.45, 7) is 4.43. The molecule has 0 atom stereocenters. The van der Waals surface area contributed by atoms with Gasteiger partial charge in [0.1, 0.15) is 5.69 Å². The van der Waals surface area contributed by atoms with E-state index in [1.54, 1.807) is 18.2 Å². The van der Waals surface area contributed by atoms with Crippen LogP contribution in [0.2, 0.25) is 0 Å². The lowest BCUT2D eigenvalue weighted by Crippen LogP contribution is -2.17. The first kappa shape index (κ1) is 17.1. The number of nitrogens with zero attached hydrogens (tertiary/aromatic N) is 2. The highest BCUT2D eigenvalue weighted by atomic mass is 16.1. The molecule has 0 N–H and O–H groups in total. The molecule has 3 aromatic rings. The van der Waals surface area contributed by atoms with E-state index in [0.29, 0.717) is 22.2 Å². The first-order valence-corrected chi connectivity index (χ1v) is 8.73. The third-order valence-corrected chi connectivity index (χ3v) is 4.40. The fourth-order valence-electron chi connectivity index (χ4n) is 3.09. The number of carbonyl (C=O) groups is 1. The van der Waals surface area contributed by atoms with Gasteiger partial charge < -0.3 is 0 Å². The molecule has 0 unspecified atom stereocenters. The van der Waals surface area contributed by atoms with E-state index < -0.39 is 0 Å². The van der Waals surface area contributed by atoms with Gasteiger partial charge >= 0.3 is 0 Å². The van der Waals surface area contributed by atoms with Gasteiger partial charge in [0.2, 0.25) is 5.43 Å². The Hall–Kier alpha value is -2.75. The van der Waals surface area contributed by atoms with Crippen molar-refractivity contribution in [2.45, 2.75) is 39.7 Å². The summed E-state index contributed by atoms with van der Waals surface area (Å²) >= 11 is 0. The summed E-state index contributed by atoms with van der Waals surface area (Å²) in [6.07, 6.45) is 3.24. The number of carbonyl (C=O) groups excluding carboxylic acids is 1. The molecule has 0 saturated carbocycles. The van der Waals surface area contributed by atoms with Crippen molar-refractivity contribution in [1.29, 1.82) is 0 Å². The van der Waals surface area contributed by atoms with E-state index in [1.807, 2.05) is 35.0 Å². The number of hydrogen-bond donors (Lipinski definition) is 0. The summed E-state index contributed by atoms with van der Waals surface area (Å²) in [5, 5.41) is 5.28. The molecule has 1 heterocycles. The Morgan fingerprint density at radius 1 is 1.04 bits per heavy atom. The van der Waals surface area contributed by atoms with Gasteiger partial charge in [-0.1, -0.05) is 56.2 Å². The molecule has 25 heavy (non-hydrogen) atoms. The molecule has 0 aliphatic carbocycles. The second-order valence-corrected chi connectivity index (χ2v) is 6.23. The number of aromatic nitrogens is 2. The van der Waals surface area contributed by atoms with Crippen molar-refractivity contribution < 1.29 is 4.79 Å². The molecule has 0 bridgehead atoms. The van der Waals surface area contributed by atoms with Gasteiger partial charge in [0.25, 0.3) is 0 Å². The minimum atomic E-state index is -0.129. The second-order valence-electron chi connectivity index (χ2n) is 6.23. The summed E-state index contributed by atoms with van der Waals surface area (Å²) < 4.78 is 1.90. The number of Topliss-reactive ketones (excluding diaryl/α,β-unsaturated/α-hetero) is 1. The van der Waals surface area contributed by atoms with Gasteiger partial charge in [-0.2, -0.15) is 5.10 Å². The number of hydrogen-bond acceptors (Lipinski definition) is 3. The fourth-order valence-corrected chi connectivity index (χ4v) is 3.09. The molecule has 0 aliphatic rings. The standard InChI is InChI=1S/C21H22N2O2/c1-3-4-9-14-23-19-13-8-7-12-18(19)21(25)20(22-23)17-11-6-5-10-16(17)15(2)24/h5-8,10-13H,3-4,9,14H2,1-2H3. The molecule has 1 aromatic heterocycles. The van der Waals surface area contributed by atoms with Crippen LogP contribution in [-0.2, 0) is 6.54 Å². The maximum absolute atomic E-state index is 13.0. The predicted molar refractivity (Wildman–Crippen MR) is 101 cm³/mol. The number of rotatable bonds is 6. The zero-order valence-electron chi connectivity index (χ0n) is 14.7. The highest BCUT2D eigenvalue weighted by Gasteiger charge is 2.16. The van der Waals surface area contributed by atoms with E-state index >= 15 is 0 Å². The summed E-state index contributed by atoms with van der Waals surface area (Å²) in [6, 6.07) is 14.7. The third-order valence-electron chi connectivity index (χ3n) is 4.40. The van der Waals surface area contributed by atoms with Crippen molar-refractivity contribution in [2.75, 3.05) is 0 Å². The average molecular weight is 334 g/mol. The van der Waals surface area contributed by atoms with Crippen LogP contribution in [0.1, 0.15) is 43.5 Å². The van der Waals surface area contributed by atoms with Crippen molar-refractivity contribution >= 4 is 16.7 Å². The Balaban J connectivity index is 2.24. The second kappa shape index (κ2) is 7.43. The predicted octanol–water partition coefficient (Wildman–Crippen LogP) is 4.46. The van der Waals surface area contributed by atoms with E-state index in [1.165, 1.54) is 6.92 Å². The molecule has 0 saturated heterocycles. The van der Waals surface area contributed by atoms with Gasteiger partial charge in [-0.3, -0.25) is 14.3 Å². The zero-order valence-corrected chi connectivity index (χ0v) is 14.7. The fraction of sp³-hybridized carbons (Fsp3) is 0.286. The van der Waals surface area contributed by atoms with Crippen LogP contribution in [0.4, 0.5) is 0 Å². The zero-order chi connectivity index (χ0) is 17.8. The number of para-hydroxylation sites is 1. The van der Waals surface area contributed by atoms with Crippen LogP contribution >= 0.6 is 0 Å². The quantitative estimate of drug-likeness (QED) is 0.494. The van der Waals surface area contributed by atoms with Crippen LogP contribution < -0.4 is 5.43 Å². The summed E-state index contributed by atoms with van der Waals surface area (Å²) in [5.74, 6) is -0.0671. The number of fused-ring (bicyclic) bond motifs is 1. The Morgan fingerprint density at radius 2 is 1.76 bits per heavy atom. The van der Waals surface area contributed by atoms with E-state index in [-0.39, 0.29) is 11.2 Å². The number of aryl methyl sites for hydroxylation is 1. The summed E-state index contributed by atoms with van der Waals surface area (Å²) in [7, 11) is 0. The van der Waals surface area contributed by atoms with Crippen LogP contribution in [0.15, 0.2) is 53.3 Å². The SMILES string of the molecule is CCCCCn1nc(-c2ccccc2C(C)=O)c(=O)c2ccccc21. The van der Waals surface area contributed by atoms with E-state index in [2.05, 4.69) is 12.0 Å². The van der Waals surface area contributed by atoms with Crippen molar-refractivity contribution in [3.8, 4) is 11.3 Å². The number of ketones is 1. The Labute approximate surface area is 147 Å². The lowest BCUT2D eigenvalue weighted by Gasteiger charge is -2.13. The van der Waals surface area contributed by atoms with Crippen LogP contribution in [-0.4, -0.2) is 15.6 Å². The number of benzene rings is 2. The molecule has 128 valence electrons. The van der Waals surface area contributed by atoms with Gasteiger partial charge in [0.05, 0.1) is 5.52 Å². The molecule has 0 spiro atoms. The van der Waals surface area contributed by atoms with Gasteiger partial charge in [-0.05, 0) is 25.5 Å². The maximum Gasteiger partial charge on any atom is 0.215 e.